The van der Waals surface area contributed by atoms with Gasteiger partial charge in [-0.1, -0.05) is 12.1 Å². The Morgan fingerprint density at radius 2 is 2.13 bits per heavy atom. The number of benzene rings is 1. The molecule has 0 saturated carbocycles. The molecule has 2 atom stereocenters. The van der Waals surface area contributed by atoms with Crippen LogP contribution in [0.4, 0.5) is 0 Å². The van der Waals surface area contributed by atoms with Crippen LogP contribution in [0, 0.1) is 5.92 Å². The molecule has 5 nitrogen and oxygen atoms in total. The van der Waals surface area contributed by atoms with E-state index in [0.717, 1.165) is 37.1 Å². The molecule has 1 heterocycles. The van der Waals surface area contributed by atoms with Crippen LogP contribution < -0.4 is 15.4 Å². The molecule has 5 heteroatoms. The van der Waals surface area contributed by atoms with E-state index in [1.54, 1.807) is 7.11 Å². The first kappa shape index (κ1) is 17.8. The van der Waals surface area contributed by atoms with E-state index in [1.165, 1.54) is 0 Å². The number of carbonyl (C=O) groups excluding carboxylic acids is 1. The van der Waals surface area contributed by atoms with Crippen molar-refractivity contribution in [3.8, 4) is 5.75 Å². The van der Waals surface area contributed by atoms with E-state index in [9.17, 15) is 4.79 Å². The van der Waals surface area contributed by atoms with E-state index in [1.807, 2.05) is 24.3 Å². The van der Waals surface area contributed by atoms with Gasteiger partial charge in [-0.2, -0.15) is 0 Å². The fourth-order valence-electron chi connectivity index (χ4n) is 2.81. The average molecular weight is 320 g/mol. The van der Waals surface area contributed by atoms with E-state index in [-0.39, 0.29) is 11.8 Å². The monoisotopic (exact) mass is 320 g/mol. The summed E-state index contributed by atoms with van der Waals surface area (Å²) in [5, 5.41) is 6.39. The standard InChI is InChI=1S/C18H28N2O3/c1-14-12-16(8-10-19-14)18(21)20-9-3-11-23-13-15-4-6-17(22-2)7-5-15/h4-7,14,16,19H,3,8-13H2,1-2H3,(H,20,21)/t14-,16-/m0/s1. The lowest BCUT2D eigenvalue weighted by Gasteiger charge is -2.27. The second-order valence-corrected chi connectivity index (χ2v) is 6.12. The zero-order valence-electron chi connectivity index (χ0n) is 14.1. The maximum absolute atomic E-state index is 12.1. The van der Waals surface area contributed by atoms with Crippen molar-refractivity contribution >= 4 is 5.91 Å². The van der Waals surface area contributed by atoms with Gasteiger partial charge >= 0.3 is 0 Å². The smallest absolute Gasteiger partial charge is 0.223 e. The summed E-state index contributed by atoms with van der Waals surface area (Å²) in [6, 6.07) is 8.29. The molecule has 1 fully saturated rings. The zero-order chi connectivity index (χ0) is 16.5. The molecule has 1 aromatic carbocycles. The maximum Gasteiger partial charge on any atom is 0.223 e. The number of ether oxygens (including phenoxy) is 2. The van der Waals surface area contributed by atoms with Gasteiger partial charge in [-0.25, -0.2) is 0 Å². The van der Waals surface area contributed by atoms with Gasteiger partial charge in [0.2, 0.25) is 5.91 Å². The van der Waals surface area contributed by atoms with Gasteiger partial charge in [0, 0.05) is 25.1 Å². The molecule has 0 unspecified atom stereocenters. The minimum atomic E-state index is 0.159. The van der Waals surface area contributed by atoms with Crippen molar-refractivity contribution in [3.63, 3.8) is 0 Å². The molecule has 1 aromatic rings. The SMILES string of the molecule is COc1ccc(COCCCNC(=O)[C@H]2CCN[C@@H](C)C2)cc1. The van der Waals surface area contributed by atoms with Crippen molar-refractivity contribution in [2.45, 2.75) is 38.8 Å². The second kappa shape index (κ2) is 9.53. The molecule has 0 aromatic heterocycles. The average Bonchev–Trinajstić information content (AvgIpc) is 2.58. The topological polar surface area (TPSA) is 59.6 Å². The van der Waals surface area contributed by atoms with Crippen molar-refractivity contribution in [3.05, 3.63) is 29.8 Å². The van der Waals surface area contributed by atoms with Gasteiger partial charge in [-0.05, 0) is 50.4 Å². The van der Waals surface area contributed by atoms with Crippen molar-refractivity contribution in [1.82, 2.24) is 10.6 Å². The molecular weight excluding hydrogens is 292 g/mol. The third-order valence-corrected chi connectivity index (χ3v) is 4.19. The van der Waals surface area contributed by atoms with Crippen LogP contribution in [-0.2, 0) is 16.1 Å². The number of rotatable bonds is 8. The molecule has 1 aliphatic heterocycles. The largest absolute Gasteiger partial charge is 0.497 e. The fourth-order valence-corrected chi connectivity index (χ4v) is 2.81. The highest BCUT2D eigenvalue weighted by Crippen LogP contribution is 2.16. The van der Waals surface area contributed by atoms with E-state index in [4.69, 9.17) is 9.47 Å². The number of nitrogens with one attached hydrogen (secondary N) is 2. The lowest BCUT2D eigenvalue weighted by molar-refractivity contribution is -0.126. The molecule has 23 heavy (non-hydrogen) atoms. The van der Waals surface area contributed by atoms with Crippen LogP contribution in [0.1, 0.15) is 31.7 Å². The number of hydrogen-bond acceptors (Lipinski definition) is 4. The number of carbonyl (C=O) groups is 1. The summed E-state index contributed by atoms with van der Waals surface area (Å²) >= 11 is 0. The number of piperidine rings is 1. The molecule has 0 aliphatic carbocycles. The lowest BCUT2D eigenvalue weighted by atomic mass is 9.92. The summed E-state index contributed by atoms with van der Waals surface area (Å²) in [4.78, 5) is 12.1. The van der Waals surface area contributed by atoms with Crippen LogP contribution in [0.25, 0.3) is 0 Å². The Labute approximate surface area is 138 Å². The predicted octanol–water partition coefficient (Wildman–Crippen LogP) is 2.11. The number of hydrogen-bond donors (Lipinski definition) is 2. The maximum atomic E-state index is 12.1. The van der Waals surface area contributed by atoms with E-state index in [2.05, 4.69) is 17.6 Å². The third kappa shape index (κ3) is 6.20. The highest BCUT2D eigenvalue weighted by atomic mass is 16.5. The van der Waals surface area contributed by atoms with Gasteiger partial charge in [-0.3, -0.25) is 4.79 Å². The summed E-state index contributed by atoms with van der Waals surface area (Å²) in [7, 11) is 1.66. The molecule has 0 spiro atoms. The Bertz CT molecular complexity index is 476. The van der Waals surface area contributed by atoms with Crippen molar-refractivity contribution in [2.24, 2.45) is 5.92 Å². The molecule has 0 radical (unpaired) electrons. The van der Waals surface area contributed by atoms with Crippen LogP contribution in [0.15, 0.2) is 24.3 Å². The summed E-state index contributed by atoms with van der Waals surface area (Å²) < 4.78 is 10.8. The van der Waals surface area contributed by atoms with Crippen molar-refractivity contribution in [2.75, 3.05) is 26.8 Å². The summed E-state index contributed by atoms with van der Waals surface area (Å²) in [5.74, 6) is 1.20. The molecule has 2 N–H and O–H groups in total. The molecule has 0 bridgehead atoms. The normalized spacial score (nSPS) is 21.0. The summed E-state index contributed by atoms with van der Waals surface area (Å²) in [6.45, 7) is 4.98. The second-order valence-electron chi connectivity index (χ2n) is 6.12. The van der Waals surface area contributed by atoms with Gasteiger partial charge in [-0.15, -0.1) is 0 Å². The van der Waals surface area contributed by atoms with Gasteiger partial charge in [0.15, 0.2) is 0 Å². The van der Waals surface area contributed by atoms with Gasteiger partial charge in [0.05, 0.1) is 13.7 Å². The van der Waals surface area contributed by atoms with Crippen LogP contribution in [0.5, 0.6) is 5.75 Å². The molecular formula is C18H28N2O3. The van der Waals surface area contributed by atoms with Crippen LogP contribution in [0.3, 0.4) is 0 Å². The highest BCUT2D eigenvalue weighted by Gasteiger charge is 2.24. The molecule has 1 saturated heterocycles. The third-order valence-electron chi connectivity index (χ3n) is 4.19. The zero-order valence-corrected chi connectivity index (χ0v) is 14.1. The Hall–Kier alpha value is -1.59. The molecule has 2 rings (SSSR count). The van der Waals surface area contributed by atoms with E-state index < -0.39 is 0 Å². The first-order valence-electron chi connectivity index (χ1n) is 8.41. The van der Waals surface area contributed by atoms with Crippen LogP contribution >= 0.6 is 0 Å². The molecule has 128 valence electrons. The number of amides is 1. The van der Waals surface area contributed by atoms with Gasteiger partial charge in [0.1, 0.15) is 5.75 Å². The van der Waals surface area contributed by atoms with Gasteiger partial charge < -0.3 is 20.1 Å². The summed E-state index contributed by atoms with van der Waals surface area (Å²) in [5.41, 5.74) is 1.12. The molecule has 1 aliphatic rings. The van der Waals surface area contributed by atoms with E-state index in [0.29, 0.717) is 25.8 Å². The van der Waals surface area contributed by atoms with Crippen molar-refractivity contribution in [1.29, 1.82) is 0 Å². The molecule has 1 amide bonds. The minimum absolute atomic E-state index is 0.159. The quantitative estimate of drug-likeness (QED) is 0.720. The minimum Gasteiger partial charge on any atom is -0.497 e. The lowest BCUT2D eigenvalue weighted by Crippen LogP contribution is -2.42. The Morgan fingerprint density at radius 3 is 2.83 bits per heavy atom. The Balaban J connectivity index is 1.54. The first-order chi connectivity index (χ1) is 11.2. The van der Waals surface area contributed by atoms with Crippen LogP contribution in [0.2, 0.25) is 0 Å². The van der Waals surface area contributed by atoms with Gasteiger partial charge in [0.25, 0.3) is 0 Å². The van der Waals surface area contributed by atoms with E-state index >= 15 is 0 Å². The Kier molecular flexibility index (Phi) is 7.36. The van der Waals surface area contributed by atoms with Crippen molar-refractivity contribution < 1.29 is 14.3 Å². The highest BCUT2D eigenvalue weighted by molar-refractivity contribution is 5.78. The Morgan fingerprint density at radius 1 is 1.35 bits per heavy atom. The fraction of sp³-hybridized carbons (Fsp3) is 0.611. The summed E-state index contributed by atoms with van der Waals surface area (Å²) in [6.07, 6.45) is 2.70. The first-order valence-corrected chi connectivity index (χ1v) is 8.41. The predicted molar refractivity (Wildman–Crippen MR) is 90.5 cm³/mol. The van der Waals surface area contributed by atoms with Crippen LogP contribution in [-0.4, -0.2) is 38.8 Å². The number of methoxy groups -OCH3 is 1.